The number of halogens is 1. The molecule has 1 atom stereocenters. The van der Waals surface area contributed by atoms with Gasteiger partial charge in [-0.25, -0.2) is 4.39 Å². The molecule has 0 amide bonds. The molecule has 0 radical (unpaired) electrons. The van der Waals surface area contributed by atoms with Gasteiger partial charge in [0.15, 0.2) is 0 Å². The highest BCUT2D eigenvalue weighted by Gasteiger charge is 2.12. The molecule has 1 aromatic rings. The van der Waals surface area contributed by atoms with Crippen LogP contribution in [-0.2, 0) is 0 Å². The van der Waals surface area contributed by atoms with Crippen molar-refractivity contribution in [1.82, 2.24) is 0 Å². The molecule has 1 aromatic carbocycles. The van der Waals surface area contributed by atoms with Crippen molar-refractivity contribution < 1.29 is 9.60 Å². The molecule has 94 valence electrons. The standard InChI is InChI=1S/C12H18FN3O/c1-3-9(7-11(14)16-17)15-10-6-4-5-8(2)12(10)13/h4-6,9,15,17H,3,7H2,1-2H3,(H2,14,16). The Bertz CT molecular complexity index is 407. The van der Waals surface area contributed by atoms with Crippen molar-refractivity contribution in [3.05, 3.63) is 29.6 Å². The number of rotatable bonds is 5. The number of aryl methyl sites for hydroxylation is 1. The smallest absolute Gasteiger partial charge is 0.149 e. The molecule has 4 nitrogen and oxygen atoms in total. The number of anilines is 1. The molecule has 0 heterocycles. The van der Waals surface area contributed by atoms with Crippen molar-refractivity contribution in [1.29, 1.82) is 0 Å². The largest absolute Gasteiger partial charge is 0.409 e. The molecule has 1 rings (SSSR count). The van der Waals surface area contributed by atoms with Crippen molar-refractivity contribution in [2.24, 2.45) is 10.9 Å². The van der Waals surface area contributed by atoms with Crippen LogP contribution in [0, 0.1) is 12.7 Å². The first-order valence-corrected chi connectivity index (χ1v) is 5.56. The van der Waals surface area contributed by atoms with Gasteiger partial charge in [0.25, 0.3) is 0 Å². The summed E-state index contributed by atoms with van der Waals surface area (Å²) in [5.74, 6) is -0.122. The first-order chi connectivity index (χ1) is 8.08. The van der Waals surface area contributed by atoms with Crippen molar-refractivity contribution in [3.63, 3.8) is 0 Å². The normalized spacial score (nSPS) is 13.5. The zero-order valence-corrected chi connectivity index (χ0v) is 10.1. The Morgan fingerprint density at radius 1 is 1.59 bits per heavy atom. The van der Waals surface area contributed by atoms with Crippen LogP contribution in [-0.4, -0.2) is 17.1 Å². The Balaban J connectivity index is 2.77. The summed E-state index contributed by atoms with van der Waals surface area (Å²) < 4.78 is 13.7. The number of benzene rings is 1. The minimum absolute atomic E-state index is 0.0535. The minimum atomic E-state index is -0.259. The molecule has 0 saturated carbocycles. The Morgan fingerprint density at radius 2 is 2.29 bits per heavy atom. The quantitative estimate of drug-likeness (QED) is 0.320. The number of hydrogen-bond acceptors (Lipinski definition) is 3. The van der Waals surface area contributed by atoms with E-state index in [-0.39, 0.29) is 17.7 Å². The van der Waals surface area contributed by atoms with E-state index in [1.807, 2.05) is 6.92 Å². The Kier molecular flexibility index (Phi) is 4.75. The Labute approximate surface area is 100 Å². The molecular formula is C12H18FN3O. The zero-order valence-electron chi connectivity index (χ0n) is 10.1. The van der Waals surface area contributed by atoms with Gasteiger partial charge in [0.1, 0.15) is 11.7 Å². The third-order valence-electron chi connectivity index (χ3n) is 2.63. The van der Waals surface area contributed by atoms with E-state index in [0.717, 1.165) is 6.42 Å². The number of amidine groups is 1. The molecule has 0 saturated heterocycles. The average Bonchev–Trinajstić information content (AvgIpc) is 2.33. The van der Waals surface area contributed by atoms with Gasteiger partial charge in [-0.3, -0.25) is 0 Å². The first-order valence-electron chi connectivity index (χ1n) is 5.56. The van der Waals surface area contributed by atoms with Gasteiger partial charge in [0.2, 0.25) is 0 Å². The van der Waals surface area contributed by atoms with E-state index < -0.39 is 0 Å². The minimum Gasteiger partial charge on any atom is -0.409 e. The summed E-state index contributed by atoms with van der Waals surface area (Å²) in [5, 5.41) is 14.5. The van der Waals surface area contributed by atoms with Crippen LogP contribution in [0.15, 0.2) is 23.4 Å². The first kappa shape index (κ1) is 13.3. The maximum absolute atomic E-state index is 13.7. The van der Waals surface area contributed by atoms with Gasteiger partial charge in [0.05, 0.1) is 5.69 Å². The van der Waals surface area contributed by atoms with Crippen LogP contribution in [0.1, 0.15) is 25.3 Å². The van der Waals surface area contributed by atoms with Crippen LogP contribution in [0.3, 0.4) is 0 Å². The molecular weight excluding hydrogens is 221 g/mol. The average molecular weight is 239 g/mol. The highest BCUT2D eigenvalue weighted by molar-refractivity contribution is 5.80. The lowest BCUT2D eigenvalue weighted by Crippen LogP contribution is -2.27. The van der Waals surface area contributed by atoms with Gasteiger partial charge in [-0.05, 0) is 25.0 Å². The van der Waals surface area contributed by atoms with Gasteiger partial charge in [-0.2, -0.15) is 0 Å². The van der Waals surface area contributed by atoms with Crippen LogP contribution >= 0.6 is 0 Å². The molecule has 1 unspecified atom stereocenters. The number of oxime groups is 1. The zero-order chi connectivity index (χ0) is 12.8. The number of nitrogens with zero attached hydrogens (tertiary/aromatic N) is 1. The van der Waals surface area contributed by atoms with E-state index in [1.165, 1.54) is 0 Å². The molecule has 0 bridgehead atoms. The van der Waals surface area contributed by atoms with Gasteiger partial charge in [-0.1, -0.05) is 24.2 Å². The maximum Gasteiger partial charge on any atom is 0.149 e. The van der Waals surface area contributed by atoms with E-state index in [9.17, 15) is 4.39 Å². The fourth-order valence-electron chi connectivity index (χ4n) is 1.57. The summed E-state index contributed by atoms with van der Waals surface area (Å²) in [6, 6.07) is 5.13. The molecule has 0 spiro atoms. The third-order valence-corrected chi connectivity index (χ3v) is 2.63. The van der Waals surface area contributed by atoms with Gasteiger partial charge in [-0.15, -0.1) is 0 Å². The molecule has 0 aliphatic rings. The van der Waals surface area contributed by atoms with Crippen molar-refractivity contribution in [2.45, 2.75) is 32.7 Å². The predicted molar refractivity (Wildman–Crippen MR) is 66.9 cm³/mol. The predicted octanol–water partition coefficient (Wildman–Crippen LogP) is 2.46. The van der Waals surface area contributed by atoms with Crippen LogP contribution < -0.4 is 11.1 Å². The van der Waals surface area contributed by atoms with Crippen molar-refractivity contribution in [3.8, 4) is 0 Å². The topological polar surface area (TPSA) is 70.6 Å². The highest BCUT2D eigenvalue weighted by atomic mass is 19.1. The molecule has 5 heteroatoms. The number of nitrogens with two attached hydrogens (primary N) is 1. The van der Waals surface area contributed by atoms with Crippen LogP contribution in [0.4, 0.5) is 10.1 Å². The lowest BCUT2D eigenvalue weighted by Gasteiger charge is -2.18. The number of nitrogens with one attached hydrogen (secondary N) is 1. The molecule has 0 aliphatic heterocycles. The second-order valence-corrected chi connectivity index (χ2v) is 3.98. The third kappa shape index (κ3) is 3.62. The SMILES string of the molecule is CCC(C/C(N)=N/O)Nc1cccc(C)c1F. The second-order valence-electron chi connectivity index (χ2n) is 3.98. The summed E-state index contributed by atoms with van der Waals surface area (Å²) >= 11 is 0. The van der Waals surface area contributed by atoms with Gasteiger partial charge >= 0.3 is 0 Å². The second kappa shape index (κ2) is 6.08. The fourth-order valence-corrected chi connectivity index (χ4v) is 1.57. The molecule has 0 fully saturated rings. The van der Waals surface area contributed by atoms with Crippen molar-refractivity contribution in [2.75, 3.05) is 5.32 Å². The van der Waals surface area contributed by atoms with E-state index in [4.69, 9.17) is 10.9 Å². The van der Waals surface area contributed by atoms with Crippen molar-refractivity contribution >= 4 is 11.5 Å². The lowest BCUT2D eigenvalue weighted by molar-refractivity contribution is 0.316. The van der Waals surface area contributed by atoms with E-state index >= 15 is 0 Å². The molecule has 4 N–H and O–H groups in total. The highest BCUT2D eigenvalue weighted by Crippen LogP contribution is 2.19. The summed E-state index contributed by atoms with van der Waals surface area (Å²) in [4.78, 5) is 0. The van der Waals surface area contributed by atoms with Gasteiger partial charge in [0, 0.05) is 12.5 Å². The van der Waals surface area contributed by atoms with E-state index in [1.54, 1.807) is 25.1 Å². The lowest BCUT2D eigenvalue weighted by atomic mass is 10.1. The Hall–Kier alpha value is -1.78. The fraction of sp³-hybridized carbons (Fsp3) is 0.417. The monoisotopic (exact) mass is 239 g/mol. The Morgan fingerprint density at radius 3 is 2.88 bits per heavy atom. The molecule has 0 aliphatic carbocycles. The summed E-state index contributed by atoms with van der Waals surface area (Å²) in [6.45, 7) is 3.67. The van der Waals surface area contributed by atoms with Crippen LogP contribution in [0.5, 0.6) is 0 Å². The number of hydrogen-bond donors (Lipinski definition) is 3. The summed E-state index contributed by atoms with van der Waals surface area (Å²) in [5.41, 5.74) is 6.48. The van der Waals surface area contributed by atoms with Crippen LogP contribution in [0.2, 0.25) is 0 Å². The summed E-state index contributed by atoms with van der Waals surface area (Å²) in [6.07, 6.45) is 1.13. The van der Waals surface area contributed by atoms with E-state index in [2.05, 4.69) is 10.5 Å². The molecule has 0 aromatic heterocycles. The summed E-state index contributed by atoms with van der Waals surface area (Å²) in [7, 11) is 0. The van der Waals surface area contributed by atoms with Crippen LogP contribution in [0.25, 0.3) is 0 Å². The van der Waals surface area contributed by atoms with Gasteiger partial charge < -0.3 is 16.3 Å². The van der Waals surface area contributed by atoms with E-state index in [0.29, 0.717) is 17.7 Å². The molecule has 17 heavy (non-hydrogen) atoms. The maximum atomic E-state index is 13.7.